The molecule has 223 valence electrons. The Hall–Kier alpha value is -2.81. The Bertz CT molecular complexity index is 1020. The maximum absolute atomic E-state index is 12.3. The predicted octanol–water partition coefficient (Wildman–Crippen LogP) is -0.280. The first-order valence-electron chi connectivity index (χ1n) is 12.5. The predicted molar refractivity (Wildman–Crippen MR) is 139 cm³/mol. The number of carbonyl (C=O) groups is 2. The number of carbonyl (C=O) groups excluding carboxylic acids is 2. The van der Waals surface area contributed by atoms with Crippen LogP contribution < -0.4 is 5.32 Å². The van der Waals surface area contributed by atoms with Gasteiger partial charge in [0.2, 0.25) is 11.8 Å². The zero-order valence-electron chi connectivity index (χ0n) is 23.2. The molecule has 2 aromatic heterocycles. The Labute approximate surface area is 254 Å². The van der Waals surface area contributed by atoms with E-state index in [1.165, 1.54) is 4.90 Å². The van der Waals surface area contributed by atoms with Gasteiger partial charge in [-0.05, 0) is 32.2 Å². The number of aromatic nitrogens is 4. The van der Waals surface area contributed by atoms with E-state index in [-0.39, 0.29) is 38.8 Å². The summed E-state index contributed by atoms with van der Waals surface area (Å²) in [6.45, 7) is 16.2. The molecule has 3 rings (SSSR count). The maximum atomic E-state index is 12.3. The van der Waals surface area contributed by atoms with Crippen LogP contribution in [0.5, 0.6) is 0 Å². The number of likely N-dealkylation sites (tertiary alicyclic amines) is 1. The average molecular weight is 744 g/mol. The van der Waals surface area contributed by atoms with E-state index in [4.69, 9.17) is 14.0 Å². The Balaban J connectivity index is 0. The van der Waals surface area contributed by atoms with Gasteiger partial charge in [0.15, 0.2) is 0 Å². The molecule has 41 heavy (non-hydrogen) atoms. The molecule has 1 unspecified atom stereocenters. The summed E-state index contributed by atoms with van der Waals surface area (Å²) in [6.07, 6.45) is 11.7. The molecule has 0 aromatic carbocycles. The van der Waals surface area contributed by atoms with Gasteiger partial charge in [0.05, 0.1) is 25.6 Å². The van der Waals surface area contributed by atoms with Gasteiger partial charge in [-0.2, -0.15) is 0 Å². The number of unbranched alkanes of at least 4 members (excludes halogenated alkanes) is 2. The molecule has 3 N–H and O–H groups in total. The third kappa shape index (κ3) is 14.6. The van der Waals surface area contributed by atoms with Crippen LogP contribution in [0.2, 0.25) is 0 Å². The molecule has 3 heterocycles. The minimum atomic E-state index is -1.54. The van der Waals surface area contributed by atoms with Crippen molar-refractivity contribution in [1.82, 2.24) is 34.2 Å². The van der Waals surface area contributed by atoms with E-state index in [1.807, 2.05) is 35.6 Å². The van der Waals surface area contributed by atoms with E-state index in [0.717, 1.165) is 57.0 Å². The summed E-state index contributed by atoms with van der Waals surface area (Å²) in [5.41, 5.74) is 0. The molecule has 14 nitrogen and oxygen atoms in total. The molecule has 16 heteroatoms. The molecule has 2 amide bonds. The van der Waals surface area contributed by atoms with Crippen LogP contribution >= 0.6 is 0 Å². The number of amides is 2. The molecule has 0 bridgehead atoms. The fraction of sp³-hybridized carbons (Fsp3) is 0.560. The largest absolute Gasteiger partial charge is 0 e. The molecular weight excluding hydrogens is 707 g/mol. The average Bonchev–Trinajstić information content (AvgIpc) is 3.72. The van der Waals surface area contributed by atoms with Crippen LogP contribution in [0.15, 0.2) is 24.8 Å². The standard InChI is InChI=1S/C22H36BN7O4.3CO.Re/c1-27-13-9-24-19(27)16-29(17-20-25-10-14-28(20)2)11-5-3-4-8-21(31)26-15-22(32)30-12-6-7-18(30)23(33)34;3*1-2;/h9-10,13-14,18,33-34H,3-8,11-12,15-17H2,1-2H3,(H,26,31);;;;. The number of aryl methyl sites for hydroxylation is 2. The summed E-state index contributed by atoms with van der Waals surface area (Å²) in [5.74, 6) is 0.970. The summed E-state index contributed by atoms with van der Waals surface area (Å²) in [7, 11) is 2.43. The summed E-state index contributed by atoms with van der Waals surface area (Å²) in [6, 6.07) is 0. The molecule has 1 aliphatic heterocycles. The van der Waals surface area contributed by atoms with Gasteiger partial charge in [-0.25, -0.2) is 9.97 Å². The number of hydrogen-bond acceptors (Lipinski definition) is 7. The third-order valence-electron chi connectivity index (χ3n) is 6.35. The molecule has 1 aliphatic rings. The van der Waals surface area contributed by atoms with Crippen LogP contribution in [0.4, 0.5) is 0 Å². The Morgan fingerprint density at radius 3 is 2.00 bits per heavy atom. The fourth-order valence-corrected chi connectivity index (χ4v) is 4.29. The van der Waals surface area contributed by atoms with Gasteiger partial charge in [-0.1, -0.05) is 6.42 Å². The molecule has 1 fully saturated rings. The zero-order valence-corrected chi connectivity index (χ0v) is 26.0. The first kappa shape index (κ1) is 40.3. The fourth-order valence-electron chi connectivity index (χ4n) is 4.29. The molecule has 0 saturated carbocycles. The van der Waals surface area contributed by atoms with Gasteiger partial charge in [-0.15, -0.1) is 0 Å². The molecule has 0 spiro atoms. The molecule has 1 radical (unpaired) electrons. The Kier molecular flexibility index (Phi) is 23.5. The van der Waals surface area contributed by atoms with Gasteiger partial charge >= 0.3 is 41.0 Å². The number of rotatable bonds is 13. The van der Waals surface area contributed by atoms with Crippen LogP contribution in [-0.2, 0) is 71.2 Å². The monoisotopic (exact) mass is 744 g/mol. The van der Waals surface area contributed by atoms with E-state index in [1.54, 1.807) is 12.4 Å². The second kappa shape index (κ2) is 23.8. The SMILES string of the molecule is Cn1ccnc1CN(CCCCCC(=O)NCC(=O)N1CCCC1B(O)O)Cc1nccn1C.[C-]#[O+].[C-]#[O+].[C-]#[O+].[Re]. The van der Waals surface area contributed by atoms with Crippen molar-refractivity contribution in [3.63, 3.8) is 0 Å². The summed E-state index contributed by atoms with van der Waals surface area (Å²) in [5, 5.41) is 21.4. The second-order valence-electron chi connectivity index (χ2n) is 8.92. The van der Waals surface area contributed by atoms with Crippen molar-refractivity contribution in [2.45, 2.75) is 57.6 Å². The van der Waals surface area contributed by atoms with Gasteiger partial charge in [0.25, 0.3) is 0 Å². The number of hydrogen-bond donors (Lipinski definition) is 3. The number of nitrogens with one attached hydrogen (secondary N) is 1. The molecule has 0 aliphatic carbocycles. The zero-order chi connectivity index (χ0) is 30.5. The van der Waals surface area contributed by atoms with E-state index >= 15 is 0 Å². The van der Waals surface area contributed by atoms with E-state index in [9.17, 15) is 19.6 Å². The normalized spacial score (nSPS) is 13.2. The van der Waals surface area contributed by atoms with Crippen molar-refractivity contribution < 1.29 is 54.0 Å². The summed E-state index contributed by atoms with van der Waals surface area (Å²) >= 11 is 0. The van der Waals surface area contributed by atoms with E-state index < -0.39 is 13.1 Å². The van der Waals surface area contributed by atoms with Crippen LogP contribution in [0.25, 0.3) is 0 Å². The summed E-state index contributed by atoms with van der Waals surface area (Å²) < 4.78 is 26.5. The van der Waals surface area contributed by atoms with Crippen molar-refractivity contribution in [3.05, 3.63) is 56.4 Å². The first-order chi connectivity index (χ1) is 19.3. The van der Waals surface area contributed by atoms with Crippen molar-refractivity contribution in [2.75, 3.05) is 19.6 Å². The van der Waals surface area contributed by atoms with Crippen LogP contribution in [0.1, 0.15) is 50.2 Å². The topological polar surface area (TPSA) is 188 Å². The van der Waals surface area contributed by atoms with Crippen molar-refractivity contribution >= 4 is 18.9 Å². The molecular formula is C25H36BN7O7Re. The Morgan fingerprint density at radius 1 is 1.00 bits per heavy atom. The number of imidazole rings is 2. The molecule has 1 atom stereocenters. The van der Waals surface area contributed by atoms with Gasteiger partial charge < -0.3 is 29.4 Å². The minimum absolute atomic E-state index is 0. The van der Waals surface area contributed by atoms with Crippen LogP contribution in [0, 0.1) is 20.0 Å². The van der Waals surface area contributed by atoms with Crippen molar-refractivity contribution in [2.24, 2.45) is 14.1 Å². The van der Waals surface area contributed by atoms with Crippen molar-refractivity contribution in [3.8, 4) is 0 Å². The number of nitrogens with zero attached hydrogens (tertiary/aromatic N) is 6. The van der Waals surface area contributed by atoms with E-state index in [2.05, 4.69) is 40.1 Å². The molecule has 2 aromatic rings. The quantitative estimate of drug-likeness (QED) is 0.109. The second-order valence-corrected chi connectivity index (χ2v) is 8.92. The minimum Gasteiger partial charge on any atom is 0 e. The maximum Gasteiger partial charge on any atom is 0 e. The summed E-state index contributed by atoms with van der Waals surface area (Å²) in [4.78, 5) is 37.1. The van der Waals surface area contributed by atoms with Crippen LogP contribution in [-0.4, -0.2) is 83.5 Å². The Morgan fingerprint density at radius 2 is 1.54 bits per heavy atom. The van der Waals surface area contributed by atoms with Gasteiger partial charge in [-0.3, -0.25) is 14.5 Å². The van der Waals surface area contributed by atoms with Crippen molar-refractivity contribution in [1.29, 1.82) is 0 Å². The van der Waals surface area contributed by atoms with E-state index in [0.29, 0.717) is 19.4 Å². The van der Waals surface area contributed by atoms with Crippen LogP contribution in [0.3, 0.4) is 0 Å². The first-order valence-corrected chi connectivity index (χ1v) is 12.5. The molecule has 1 saturated heterocycles. The van der Waals surface area contributed by atoms with Gasteiger partial charge in [0, 0.05) is 72.3 Å². The van der Waals surface area contributed by atoms with Gasteiger partial charge in [0.1, 0.15) is 11.6 Å². The smallest absolute Gasteiger partial charge is 0 e. The third-order valence-corrected chi connectivity index (χ3v) is 6.35.